The quantitative estimate of drug-likeness (QED) is 0.808. The van der Waals surface area contributed by atoms with Gasteiger partial charge in [0.1, 0.15) is 12.6 Å². The summed E-state index contributed by atoms with van der Waals surface area (Å²) in [5, 5.41) is 19.0. The lowest BCUT2D eigenvalue weighted by Gasteiger charge is -2.35. The first kappa shape index (κ1) is 16.9. The number of piperazine rings is 1. The van der Waals surface area contributed by atoms with E-state index in [2.05, 4.69) is 15.6 Å². The van der Waals surface area contributed by atoms with Gasteiger partial charge in [0.2, 0.25) is 11.8 Å². The molecule has 2 aromatic rings. The molecule has 3 rings (SSSR count). The maximum Gasteiger partial charge on any atom is 0.358 e. The highest BCUT2D eigenvalue weighted by Gasteiger charge is 2.35. The van der Waals surface area contributed by atoms with Gasteiger partial charge >= 0.3 is 5.97 Å². The summed E-state index contributed by atoms with van der Waals surface area (Å²) in [5.41, 5.74) is 0.270. The van der Waals surface area contributed by atoms with Crippen LogP contribution in [-0.4, -0.2) is 55.9 Å². The zero-order valence-electron chi connectivity index (χ0n) is 12.9. The first-order chi connectivity index (χ1) is 12.0. The Bertz CT molecular complexity index is 837. The number of hydrogen-bond donors (Lipinski definition) is 2. The third-order valence-corrected chi connectivity index (χ3v) is 4.13. The third-order valence-electron chi connectivity index (χ3n) is 3.79. The molecule has 1 saturated heterocycles. The van der Waals surface area contributed by atoms with Crippen molar-refractivity contribution in [2.24, 2.45) is 0 Å². The number of halogens is 1. The van der Waals surface area contributed by atoms with E-state index >= 15 is 0 Å². The molecule has 1 aliphatic rings. The summed E-state index contributed by atoms with van der Waals surface area (Å²) in [6, 6.07) is 5.97. The highest BCUT2D eigenvalue weighted by Crippen LogP contribution is 2.29. The highest BCUT2D eigenvalue weighted by molar-refractivity contribution is 6.31. The van der Waals surface area contributed by atoms with E-state index in [0.717, 1.165) is 10.9 Å². The van der Waals surface area contributed by atoms with E-state index in [1.807, 2.05) is 0 Å². The topological polar surface area (TPSA) is 117 Å². The van der Waals surface area contributed by atoms with Crippen molar-refractivity contribution in [3.05, 3.63) is 46.7 Å². The number of carbonyl (C=O) groups excluding carboxylic acids is 2. The van der Waals surface area contributed by atoms with Crippen LogP contribution in [0.25, 0.3) is 0 Å². The number of carbonyl (C=O) groups is 3. The van der Waals surface area contributed by atoms with Crippen LogP contribution in [0.4, 0.5) is 0 Å². The van der Waals surface area contributed by atoms with Crippen molar-refractivity contribution in [2.45, 2.75) is 12.6 Å². The van der Waals surface area contributed by atoms with Crippen LogP contribution in [0.1, 0.15) is 22.1 Å². The molecule has 130 valence electrons. The Morgan fingerprint density at radius 1 is 1.36 bits per heavy atom. The van der Waals surface area contributed by atoms with Gasteiger partial charge in [0, 0.05) is 23.7 Å². The van der Waals surface area contributed by atoms with Gasteiger partial charge in [-0.3, -0.25) is 9.59 Å². The van der Waals surface area contributed by atoms with Crippen molar-refractivity contribution in [3.63, 3.8) is 0 Å². The average molecular weight is 364 g/mol. The Hall–Kier alpha value is -2.94. The Morgan fingerprint density at radius 2 is 2.12 bits per heavy atom. The molecule has 1 atom stereocenters. The molecular formula is C15H14ClN5O4. The monoisotopic (exact) mass is 363 g/mol. The lowest BCUT2D eigenvalue weighted by atomic mass is 10.0. The van der Waals surface area contributed by atoms with Crippen LogP contribution < -0.4 is 5.32 Å². The average Bonchev–Trinajstić information content (AvgIpc) is 3.04. The van der Waals surface area contributed by atoms with Crippen LogP contribution in [0.15, 0.2) is 30.5 Å². The van der Waals surface area contributed by atoms with Crippen LogP contribution in [-0.2, 0) is 16.1 Å². The SMILES string of the molecule is O=C(O)c1cn(CC(=O)N2CCNC(=O)C2c2ccccc2Cl)nn1. The second-order valence-corrected chi connectivity index (χ2v) is 5.82. The van der Waals surface area contributed by atoms with Crippen molar-refractivity contribution < 1.29 is 19.5 Å². The molecular weight excluding hydrogens is 350 g/mol. The predicted molar refractivity (Wildman–Crippen MR) is 85.9 cm³/mol. The van der Waals surface area contributed by atoms with Crippen LogP contribution in [0.3, 0.4) is 0 Å². The second-order valence-electron chi connectivity index (χ2n) is 5.41. The molecule has 2 N–H and O–H groups in total. The standard InChI is InChI=1S/C15H14ClN5O4/c16-10-4-2-1-3-9(10)13-14(23)17-5-6-21(13)12(22)8-20-7-11(15(24)25)18-19-20/h1-4,7,13H,5-6,8H2,(H,17,23)(H,24,25). The Labute approximate surface area is 147 Å². The summed E-state index contributed by atoms with van der Waals surface area (Å²) in [5.74, 6) is -1.94. The zero-order valence-corrected chi connectivity index (χ0v) is 13.7. The maximum absolute atomic E-state index is 12.7. The molecule has 1 aromatic heterocycles. The minimum absolute atomic E-state index is 0.228. The third kappa shape index (κ3) is 3.45. The van der Waals surface area contributed by atoms with E-state index in [0.29, 0.717) is 23.7 Å². The number of amides is 2. The largest absolute Gasteiger partial charge is 0.476 e. The van der Waals surface area contributed by atoms with Gasteiger partial charge in [-0.1, -0.05) is 35.0 Å². The molecule has 0 spiro atoms. The lowest BCUT2D eigenvalue weighted by molar-refractivity contribution is -0.144. The van der Waals surface area contributed by atoms with Crippen molar-refractivity contribution in [1.82, 2.24) is 25.2 Å². The summed E-state index contributed by atoms with van der Waals surface area (Å²) in [4.78, 5) is 37.2. The number of aromatic carboxylic acids is 1. The summed E-state index contributed by atoms with van der Waals surface area (Å²) < 4.78 is 1.13. The van der Waals surface area contributed by atoms with Gasteiger partial charge < -0.3 is 15.3 Å². The van der Waals surface area contributed by atoms with E-state index in [1.54, 1.807) is 24.3 Å². The van der Waals surface area contributed by atoms with Crippen molar-refractivity contribution in [2.75, 3.05) is 13.1 Å². The maximum atomic E-state index is 12.7. The molecule has 2 amide bonds. The van der Waals surface area contributed by atoms with E-state index < -0.39 is 12.0 Å². The molecule has 1 unspecified atom stereocenters. The molecule has 9 nitrogen and oxygen atoms in total. The molecule has 10 heteroatoms. The highest BCUT2D eigenvalue weighted by atomic mass is 35.5. The van der Waals surface area contributed by atoms with Gasteiger partial charge in [0.15, 0.2) is 5.69 Å². The summed E-state index contributed by atoms with van der Waals surface area (Å²) in [7, 11) is 0. The Kier molecular flexibility index (Phi) is 4.66. The van der Waals surface area contributed by atoms with Gasteiger partial charge in [0.25, 0.3) is 0 Å². The zero-order chi connectivity index (χ0) is 18.0. The molecule has 1 fully saturated rings. The minimum atomic E-state index is -1.23. The Balaban J connectivity index is 1.84. The van der Waals surface area contributed by atoms with Crippen molar-refractivity contribution in [1.29, 1.82) is 0 Å². The van der Waals surface area contributed by atoms with Gasteiger partial charge in [-0.15, -0.1) is 5.10 Å². The molecule has 1 aliphatic heterocycles. The van der Waals surface area contributed by atoms with E-state index in [-0.39, 0.29) is 24.1 Å². The van der Waals surface area contributed by atoms with Gasteiger partial charge in [-0.05, 0) is 6.07 Å². The fraction of sp³-hybridized carbons (Fsp3) is 0.267. The van der Waals surface area contributed by atoms with Crippen LogP contribution in [0.5, 0.6) is 0 Å². The molecule has 25 heavy (non-hydrogen) atoms. The van der Waals surface area contributed by atoms with E-state index in [9.17, 15) is 14.4 Å². The minimum Gasteiger partial charge on any atom is -0.476 e. The Morgan fingerprint density at radius 3 is 2.80 bits per heavy atom. The van der Waals surface area contributed by atoms with Crippen LogP contribution >= 0.6 is 11.6 Å². The lowest BCUT2D eigenvalue weighted by Crippen LogP contribution is -2.53. The van der Waals surface area contributed by atoms with Crippen molar-refractivity contribution in [3.8, 4) is 0 Å². The summed E-state index contributed by atoms with van der Waals surface area (Å²) >= 11 is 6.18. The molecule has 2 heterocycles. The number of hydrogen-bond acceptors (Lipinski definition) is 5. The fourth-order valence-electron chi connectivity index (χ4n) is 2.64. The smallest absolute Gasteiger partial charge is 0.358 e. The van der Waals surface area contributed by atoms with Crippen LogP contribution in [0.2, 0.25) is 5.02 Å². The number of benzene rings is 1. The number of nitrogens with zero attached hydrogens (tertiary/aromatic N) is 4. The van der Waals surface area contributed by atoms with E-state index in [4.69, 9.17) is 16.7 Å². The summed E-state index contributed by atoms with van der Waals surface area (Å²) in [6.07, 6.45) is 1.16. The van der Waals surface area contributed by atoms with Gasteiger partial charge in [-0.25, -0.2) is 9.48 Å². The number of nitrogens with one attached hydrogen (secondary N) is 1. The van der Waals surface area contributed by atoms with E-state index in [1.165, 1.54) is 4.90 Å². The number of aromatic nitrogens is 3. The molecule has 0 aliphatic carbocycles. The summed E-state index contributed by atoms with van der Waals surface area (Å²) in [6.45, 7) is 0.402. The predicted octanol–water partition coefficient (Wildman–Crippen LogP) is 0.329. The first-order valence-corrected chi connectivity index (χ1v) is 7.80. The molecule has 0 radical (unpaired) electrons. The first-order valence-electron chi connectivity index (χ1n) is 7.42. The second kappa shape index (κ2) is 6.89. The fourth-order valence-corrected chi connectivity index (χ4v) is 2.88. The number of carboxylic acids is 1. The number of rotatable bonds is 4. The van der Waals surface area contributed by atoms with Gasteiger partial charge in [-0.2, -0.15) is 0 Å². The van der Waals surface area contributed by atoms with Gasteiger partial charge in [0.05, 0.1) is 6.20 Å². The molecule has 1 aromatic carbocycles. The number of carboxylic acid groups (broad SMARTS) is 1. The van der Waals surface area contributed by atoms with Crippen molar-refractivity contribution >= 4 is 29.4 Å². The molecule has 0 saturated carbocycles. The van der Waals surface area contributed by atoms with Crippen LogP contribution in [0, 0.1) is 0 Å². The normalized spacial score (nSPS) is 17.2. The molecule has 0 bridgehead atoms.